The standard InChI is InChI=1S/C9H16O/c1-8(2)5-4-6-9(3)7-10/h6,10H,1,4-5,7H2,2-3H3. The normalized spacial score (nSPS) is 11.7. The van der Waals surface area contributed by atoms with Crippen LogP contribution in [0.1, 0.15) is 26.7 Å². The van der Waals surface area contributed by atoms with E-state index >= 15 is 0 Å². The number of hydrogen-bond acceptors (Lipinski definition) is 1. The second kappa shape index (κ2) is 5.24. The highest BCUT2D eigenvalue weighted by molar-refractivity contribution is 5.00. The van der Waals surface area contributed by atoms with Crippen molar-refractivity contribution in [2.45, 2.75) is 26.7 Å². The fourth-order valence-corrected chi connectivity index (χ4v) is 0.630. The van der Waals surface area contributed by atoms with Crippen molar-refractivity contribution in [3.63, 3.8) is 0 Å². The van der Waals surface area contributed by atoms with Crippen molar-refractivity contribution < 1.29 is 5.11 Å². The van der Waals surface area contributed by atoms with E-state index in [0.717, 1.165) is 18.4 Å². The van der Waals surface area contributed by atoms with Gasteiger partial charge in [0.2, 0.25) is 0 Å². The Morgan fingerprint density at radius 2 is 2.10 bits per heavy atom. The molecule has 1 nitrogen and oxygen atoms in total. The van der Waals surface area contributed by atoms with Gasteiger partial charge in [0.25, 0.3) is 0 Å². The summed E-state index contributed by atoms with van der Waals surface area (Å²) in [5, 5.41) is 8.61. The van der Waals surface area contributed by atoms with Gasteiger partial charge in [-0.1, -0.05) is 17.2 Å². The quantitative estimate of drug-likeness (QED) is 0.594. The zero-order valence-corrected chi connectivity index (χ0v) is 6.85. The van der Waals surface area contributed by atoms with E-state index in [0.29, 0.717) is 0 Å². The van der Waals surface area contributed by atoms with Crippen molar-refractivity contribution in [2.24, 2.45) is 0 Å². The van der Waals surface area contributed by atoms with E-state index in [1.807, 2.05) is 13.8 Å². The highest BCUT2D eigenvalue weighted by Gasteiger charge is 1.85. The number of rotatable bonds is 4. The molecule has 0 aromatic carbocycles. The first-order chi connectivity index (χ1) is 4.66. The van der Waals surface area contributed by atoms with E-state index in [9.17, 15) is 0 Å². The second-order valence-corrected chi connectivity index (χ2v) is 2.70. The Morgan fingerprint density at radius 1 is 1.50 bits per heavy atom. The second-order valence-electron chi connectivity index (χ2n) is 2.70. The Bertz CT molecular complexity index is 134. The van der Waals surface area contributed by atoms with Crippen LogP contribution in [-0.2, 0) is 0 Å². The molecule has 0 aromatic heterocycles. The number of aliphatic hydroxyl groups excluding tert-OH is 1. The zero-order valence-electron chi connectivity index (χ0n) is 6.85. The predicted molar refractivity (Wildman–Crippen MR) is 44.9 cm³/mol. The van der Waals surface area contributed by atoms with Gasteiger partial charge in [-0.15, -0.1) is 6.58 Å². The highest BCUT2D eigenvalue weighted by atomic mass is 16.3. The Labute approximate surface area is 63.1 Å². The SMILES string of the molecule is C=C(C)CCC=C(C)CO. The summed E-state index contributed by atoms with van der Waals surface area (Å²) in [6.07, 6.45) is 4.08. The van der Waals surface area contributed by atoms with Gasteiger partial charge in [-0.25, -0.2) is 0 Å². The maximum absolute atomic E-state index is 8.61. The predicted octanol–water partition coefficient (Wildman–Crippen LogP) is 2.28. The molecule has 58 valence electrons. The first-order valence-electron chi connectivity index (χ1n) is 3.57. The summed E-state index contributed by atoms with van der Waals surface area (Å²) < 4.78 is 0. The summed E-state index contributed by atoms with van der Waals surface area (Å²) in [5.41, 5.74) is 2.24. The van der Waals surface area contributed by atoms with Crippen molar-refractivity contribution in [1.29, 1.82) is 0 Å². The van der Waals surface area contributed by atoms with E-state index in [2.05, 4.69) is 12.7 Å². The monoisotopic (exact) mass is 140 g/mol. The Hall–Kier alpha value is -0.560. The van der Waals surface area contributed by atoms with Crippen LogP contribution in [0.3, 0.4) is 0 Å². The van der Waals surface area contributed by atoms with Gasteiger partial charge in [-0.3, -0.25) is 0 Å². The molecule has 0 atom stereocenters. The maximum Gasteiger partial charge on any atom is 0.0639 e. The molecule has 0 rings (SSSR count). The van der Waals surface area contributed by atoms with Crippen LogP contribution in [0, 0.1) is 0 Å². The van der Waals surface area contributed by atoms with E-state index in [1.165, 1.54) is 5.57 Å². The molecule has 1 N–H and O–H groups in total. The highest BCUT2D eigenvalue weighted by Crippen LogP contribution is 2.03. The molecule has 0 heterocycles. The zero-order chi connectivity index (χ0) is 7.98. The largest absolute Gasteiger partial charge is 0.392 e. The minimum atomic E-state index is 0.177. The minimum absolute atomic E-state index is 0.177. The smallest absolute Gasteiger partial charge is 0.0639 e. The molecule has 0 saturated carbocycles. The Balaban J connectivity index is 3.43. The average Bonchev–Trinajstić information content (AvgIpc) is 1.87. The molecular formula is C9H16O. The molecule has 0 radical (unpaired) electrons. The average molecular weight is 140 g/mol. The van der Waals surface area contributed by atoms with Crippen LogP contribution in [0.4, 0.5) is 0 Å². The molecule has 0 aromatic rings. The van der Waals surface area contributed by atoms with Crippen LogP contribution >= 0.6 is 0 Å². The lowest BCUT2D eigenvalue weighted by molar-refractivity contribution is 0.331. The van der Waals surface area contributed by atoms with Gasteiger partial charge in [0.15, 0.2) is 0 Å². The fourth-order valence-electron chi connectivity index (χ4n) is 0.630. The summed E-state index contributed by atoms with van der Waals surface area (Å²) in [5.74, 6) is 0. The number of hydrogen-bond donors (Lipinski definition) is 1. The lowest BCUT2D eigenvalue weighted by atomic mass is 10.1. The molecule has 0 spiro atoms. The van der Waals surface area contributed by atoms with Gasteiger partial charge < -0.3 is 5.11 Å². The van der Waals surface area contributed by atoms with E-state index in [-0.39, 0.29) is 6.61 Å². The van der Waals surface area contributed by atoms with Gasteiger partial charge in [0.1, 0.15) is 0 Å². The minimum Gasteiger partial charge on any atom is -0.392 e. The molecule has 0 amide bonds. The molecule has 0 bridgehead atoms. The van der Waals surface area contributed by atoms with Crippen LogP contribution in [0.15, 0.2) is 23.8 Å². The Morgan fingerprint density at radius 3 is 2.50 bits per heavy atom. The van der Waals surface area contributed by atoms with Crippen molar-refractivity contribution in [3.05, 3.63) is 23.8 Å². The van der Waals surface area contributed by atoms with E-state index < -0.39 is 0 Å². The topological polar surface area (TPSA) is 20.2 Å². The summed E-state index contributed by atoms with van der Waals surface area (Å²) >= 11 is 0. The third-order valence-electron chi connectivity index (χ3n) is 1.31. The summed E-state index contributed by atoms with van der Waals surface area (Å²) in [6.45, 7) is 7.91. The molecule has 10 heavy (non-hydrogen) atoms. The van der Waals surface area contributed by atoms with E-state index in [4.69, 9.17) is 5.11 Å². The van der Waals surface area contributed by atoms with Crippen LogP contribution < -0.4 is 0 Å². The molecule has 0 saturated heterocycles. The molecule has 0 fully saturated rings. The van der Waals surface area contributed by atoms with Gasteiger partial charge in [-0.05, 0) is 26.7 Å². The summed E-state index contributed by atoms with van der Waals surface area (Å²) in [4.78, 5) is 0. The van der Waals surface area contributed by atoms with E-state index in [1.54, 1.807) is 0 Å². The lowest BCUT2D eigenvalue weighted by Crippen LogP contribution is -1.83. The van der Waals surface area contributed by atoms with Gasteiger partial charge >= 0.3 is 0 Å². The molecular weight excluding hydrogens is 124 g/mol. The van der Waals surface area contributed by atoms with Crippen molar-refractivity contribution in [1.82, 2.24) is 0 Å². The summed E-state index contributed by atoms with van der Waals surface area (Å²) in [7, 11) is 0. The maximum atomic E-state index is 8.61. The third kappa shape index (κ3) is 5.57. The first-order valence-corrected chi connectivity index (χ1v) is 3.57. The molecule has 0 unspecified atom stereocenters. The van der Waals surface area contributed by atoms with Gasteiger partial charge in [0, 0.05) is 0 Å². The van der Waals surface area contributed by atoms with Gasteiger partial charge in [-0.2, -0.15) is 0 Å². The molecule has 1 heteroatoms. The third-order valence-corrected chi connectivity index (χ3v) is 1.31. The Kier molecular flexibility index (Phi) is 4.95. The number of aliphatic hydroxyl groups is 1. The first kappa shape index (κ1) is 9.44. The van der Waals surface area contributed by atoms with Crippen LogP contribution in [0.25, 0.3) is 0 Å². The number of allylic oxidation sites excluding steroid dienone is 2. The lowest BCUT2D eigenvalue weighted by Gasteiger charge is -1.95. The van der Waals surface area contributed by atoms with Crippen LogP contribution in [0.2, 0.25) is 0 Å². The van der Waals surface area contributed by atoms with Crippen LogP contribution in [0.5, 0.6) is 0 Å². The van der Waals surface area contributed by atoms with Crippen molar-refractivity contribution in [3.8, 4) is 0 Å². The fraction of sp³-hybridized carbons (Fsp3) is 0.556. The molecule has 0 aliphatic carbocycles. The molecule has 0 aliphatic rings. The van der Waals surface area contributed by atoms with Crippen molar-refractivity contribution in [2.75, 3.05) is 6.61 Å². The van der Waals surface area contributed by atoms with Crippen LogP contribution in [-0.4, -0.2) is 11.7 Å². The molecule has 0 aliphatic heterocycles. The van der Waals surface area contributed by atoms with Crippen molar-refractivity contribution >= 4 is 0 Å². The summed E-state index contributed by atoms with van der Waals surface area (Å²) in [6, 6.07) is 0. The van der Waals surface area contributed by atoms with Gasteiger partial charge in [0.05, 0.1) is 6.61 Å².